The second-order valence-corrected chi connectivity index (χ2v) is 10.5. The number of aliphatic hydroxyl groups excluding tert-OH is 1. The van der Waals surface area contributed by atoms with E-state index in [1.165, 1.54) is 6.07 Å². The maximum atomic E-state index is 13.3. The smallest absolute Gasteiger partial charge is 0.338 e. The molecule has 4 rings (SSSR count). The summed E-state index contributed by atoms with van der Waals surface area (Å²) in [5, 5.41) is 53.1. The number of hydrogen-bond acceptors (Lipinski definition) is 10. The zero-order valence-corrected chi connectivity index (χ0v) is 23.8. The number of nitrogens with one attached hydrogen (secondary N) is 1. The van der Waals surface area contributed by atoms with E-state index in [1.807, 2.05) is 0 Å². The van der Waals surface area contributed by atoms with Crippen LogP contribution < -0.4 is 5.32 Å². The number of carboxylic acid groups (broad SMARTS) is 1. The maximum Gasteiger partial charge on any atom is 0.338 e. The van der Waals surface area contributed by atoms with Crippen molar-refractivity contribution in [3.05, 3.63) is 88.5 Å². The minimum absolute atomic E-state index is 0.0690. The van der Waals surface area contributed by atoms with Gasteiger partial charge in [-0.05, 0) is 75.2 Å². The van der Waals surface area contributed by atoms with Crippen LogP contribution in [0.5, 0.6) is 17.2 Å². The van der Waals surface area contributed by atoms with E-state index >= 15 is 0 Å². The van der Waals surface area contributed by atoms with Gasteiger partial charge < -0.3 is 40.5 Å². The lowest BCUT2D eigenvalue weighted by Crippen LogP contribution is -2.50. The van der Waals surface area contributed by atoms with Crippen LogP contribution in [0.15, 0.2) is 60.7 Å². The number of ketones is 1. The third-order valence-corrected chi connectivity index (χ3v) is 7.42. The fourth-order valence-corrected chi connectivity index (χ4v) is 5.23. The number of carbonyl (C=O) groups excluding carboxylic acids is 3. The van der Waals surface area contributed by atoms with Crippen LogP contribution in [0.1, 0.15) is 72.7 Å². The number of aliphatic hydroxyl groups is 1. The monoisotopic (exact) mass is 606 g/mol. The molecule has 12 heteroatoms. The van der Waals surface area contributed by atoms with Crippen LogP contribution in [0, 0.1) is 0 Å². The van der Waals surface area contributed by atoms with Crippen molar-refractivity contribution in [1.29, 1.82) is 0 Å². The number of phenolic OH excluding ortho intramolecular Hbond substituents is 3. The minimum atomic E-state index is -1.51. The van der Waals surface area contributed by atoms with Gasteiger partial charge in [0.1, 0.15) is 28.9 Å². The fourth-order valence-electron chi connectivity index (χ4n) is 5.23. The zero-order chi connectivity index (χ0) is 31.8. The SMILES string of the molecule is O=C(N[C@H]1CN(CCCCO)CCC[C@@H]1OC(=O)c1cc(O)c(C(=O)c2c(O)cccc2C(=O)O)c(O)c1)c1ccccc1. The summed E-state index contributed by atoms with van der Waals surface area (Å²) in [5.74, 6) is -6.27. The van der Waals surface area contributed by atoms with E-state index in [4.69, 9.17) is 9.84 Å². The number of unbranched alkanes of at least 4 members (excludes halogenated alkanes) is 1. The number of carboxylic acids is 1. The first-order valence-corrected chi connectivity index (χ1v) is 14.2. The van der Waals surface area contributed by atoms with E-state index in [1.54, 1.807) is 30.3 Å². The van der Waals surface area contributed by atoms with Crippen molar-refractivity contribution in [3.63, 3.8) is 0 Å². The standard InChI is InChI=1S/C32H34N2O10/c35-15-5-4-13-34-14-7-12-26(22(18-34)33-30(40)19-8-2-1-3-9-19)44-32(43)20-16-24(37)28(25(38)17-20)29(39)27-21(31(41)42)10-6-11-23(27)36/h1-3,6,8-11,16-17,22,26,35-38H,4-5,7,12-15,18H2,(H,33,40)(H,41,42)/t22-,26-/m0/s1. The number of aromatic hydroxyl groups is 3. The van der Waals surface area contributed by atoms with Gasteiger partial charge in [-0.3, -0.25) is 9.59 Å². The van der Waals surface area contributed by atoms with Gasteiger partial charge >= 0.3 is 11.9 Å². The summed E-state index contributed by atoms with van der Waals surface area (Å²) in [6.45, 7) is 1.80. The second-order valence-electron chi connectivity index (χ2n) is 10.5. The Morgan fingerprint density at radius 3 is 2.23 bits per heavy atom. The number of amides is 1. The molecule has 1 amide bonds. The quantitative estimate of drug-likeness (QED) is 0.107. The van der Waals surface area contributed by atoms with Crippen molar-refractivity contribution in [3.8, 4) is 17.2 Å². The molecule has 6 N–H and O–H groups in total. The van der Waals surface area contributed by atoms with Crippen molar-refractivity contribution < 1.29 is 49.4 Å². The average molecular weight is 607 g/mol. The molecular formula is C32H34N2O10. The van der Waals surface area contributed by atoms with Gasteiger partial charge in [-0.2, -0.15) is 0 Å². The Balaban J connectivity index is 1.57. The van der Waals surface area contributed by atoms with E-state index in [0.29, 0.717) is 44.5 Å². The third kappa shape index (κ3) is 7.52. The van der Waals surface area contributed by atoms with Crippen molar-refractivity contribution in [2.24, 2.45) is 0 Å². The molecule has 0 saturated carbocycles. The van der Waals surface area contributed by atoms with Crippen LogP contribution in [0.3, 0.4) is 0 Å². The van der Waals surface area contributed by atoms with Crippen LogP contribution in [-0.2, 0) is 4.74 Å². The van der Waals surface area contributed by atoms with Gasteiger partial charge in [-0.15, -0.1) is 0 Å². The first-order chi connectivity index (χ1) is 21.1. The minimum Gasteiger partial charge on any atom is -0.507 e. The number of ether oxygens (including phenoxy) is 1. The molecule has 3 aromatic rings. The van der Waals surface area contributed by atoms with Crippen molar-refractivity contribution >= 4 is 23.6 Å². The Labute approximate surface area is 253 Å². The molecule has 3 aromatic carbocycles. The summed E-state index contributed by atoms with van der Waals surface area (Å²) in [6, 6.07) is 13.2. The normalized spacial score (nSPS) is 16.9. The van der Waals surface area contributed by atoms with Crippen LogP contribution >= 0.6 is 0 Å². The molecule has 0 bridgehead atoms. The van der Waals surface area contributed by atoms with Crippen LogP contribution in [-0.4, -0.2) is 92.4 Å². The molecule has 0 spiro atoms. The highest BCUT2D eigenvalue weighted by Gasteiger charge is 2.33. The summed E-state index contributed by atoms with van der Waals surface area (Å²) >= 11 is 0. The zero-order valence-electron chi connectivity index (χ0n) is 23.8. The number of phenols is 3. The Bertz CT molecular complexity index is 1500. The molecule has 0 radical (unpaired) electrons. The Hall–Kier alpha value is -4.94. The van der Waals surface area contributed by atoms with Crippen LogP contribution in [0.4, 0.5) is 0 Å². The second kappa shape index (κ2) is 14.5. The van der Waals surface area contributed by atoms with E-state index < -0.39 is 63.8 Å². The fraction of sp³-hybridized carbons (Fsp3) is 0.312. The van der Waals surface area contributed by atoms with Gasteiger partial charge in [0, 0.05) is 18.7 Å². The third-order valence-electron chi connectivity index (χ3n) is 7.42. The highest BCUT2D eigenvalue weighted by atomic mass is 16.5. The van der Waals surface area contributed by atoms with Crippen LogP contribution in [0.2, 0.25) is 0 Å². The Morgan fingerprint density at radius 2 is 1.57 bits per heavy atom. The van der Waals surface area contributed by atoms with E-state index in [9.17, 15) is 39.6 Å². The van der Waals surface area contributed by atoms with Gasteiger partial charge in [0.15, 0.2) is 0 Å². The molecule has 1 aliphatic heterocycles. The highest BCUT2D eigenvalue weighted by Crippen LogP contribution is 2.35. The van der Waals surface area contributed by atoms with Gasteiger partial charge in [-0.25, -0.2) is 9.59 Å². The summed E-state index contributed by atoms with van der Waals surface area (Å²) < 4.78 is 5.80. The van der Waals surface area contributed by atoms with E-state index in [-0.39, 0.29) is 18.1 Å². The molecule has 12 nitrogen and oxygen atoms in total. The highest BCUT2D eigenvalue weighted by molar-refractivity contribution is 6.18. The number of nitrogens with zero attached hydrogens (tertiary/aromatic N) is 1. The summed E-state index contributed by atoms with van der Waals surface area (Å²) in [7, 11) is 0. The maximum absolute atomic E-state index is 13.3. The van der Waals surface area contributed by atoms with Crippen LogP contribution in [0.25, 0.3) is 0 Å². The number of carbonyl (C=O) groups is 4. The predicted molar refractivity (Wildman–Crippen MR) is 157 cm³/mol. The van der Waals surface area contributed by atoms with Crippen molar-refractivity contribution in [2.45, 2.75) is 37.8 Å². The molecule has 2 atom stereocenters. The molecule has 1 saturated heterocycles. The molecule has 0 unspecified atom stereocenters. The number of aromatic carboxylic acids is 1. The summed E-state index contributed by atoms with van der Waals surface area (Å²) in [6.07, 6.45) is 1.65. The molecule has 1 aliphatic rings. The number of likely N-dealkylation sites (tertiary alicyclic amines) is 1. The molecule has 44 heavy (non-hydrogen) atoms. The van der Waals surface area contributed by atoms with E-state index in [0.717, 1.165) is 30.7 Å². The first kappa shape index (κ1) is 32.0. The number of hydrogen-bond donors (Lipinski definition) is 6. The molecule has 0 aliphatic carbocycles. The summed E-state index contributed by atoms with van der Waals surface area (Å²) in [4.78, 5) is 53.2. The number of benzene rings is 3. The molecule has 1 heterocycles. The average Bonchev–Trinajstić information content (AvgIpc) is 3.18. The lowest BCUT2D eigenvalue weighted by atomic mass is 9.95. The Kier molecular flexibility index (Phi) is 10.5. The van der Waals surface area contributed by atoms with Crippen molar-refractivity contribution in [2.75, 3.05) is 26.2 Å². The molecule has 232 valence electrons. The Morgan fingerprint density at radius 1 is 0.864 bits per heavy atom. The molecular weight excluding hydrogens is 572 g/mol. The summed E-state index contributed by atoms with van der Waals surface area (Å²) in [5.41, 5.74) is -1.74. The topological polar surface area (TPSA) is 194 Å². The number of rotatable bonds is 11. The molecule has 1 fully saturated rings. The first-order valence-electron chi connectivity index (χ1n) is 14.2. The van der Waals surface area contributed by atoms with Crippen molar-refractivity contribution in [1.82, 2.24) is 10.2 Å². The lowest BCUT2D eigenvalue weighted by Gasteiger charge is -2.29. The largest absolute Gasteiger partial charge is 0.507 e. The van der Waals surface area contributed by atoms with Gasteiger partial charge in [0.2, 0.25) is 5.78 Å². The van der Waals surface area contributed by atoms with Gasteiger partial charge in [0.25, 0.3) is 5.91 Å². The van der Waals surface area contributed by atoms with E-state index in [2.05, 4.69) is 10.2 Å². The van der Waals surface area contributed by atoms with Gasteiger partial charge in [0.05, 0.1) is 22.7 Å². The lowest BCUT2D eigenvalue weighted by molar-refractivity contribution is 0.0175. The number of esters is 1. The molecule has 0 aromatic heterocycles. The van der Waals surface area contributed by atoms with Gasteiger partial charge in [-0.1, -0.05) is 24.3 Å². The predicted octanol–water partition coefficient (Wildman–Crippen LogP) is 2.92.